The Morgan fingerprint density at radius 3 is 2.50 bits per heavy atom. The maximum Gasteiger partial charge on any atom is 0.271 e. The predicted molar refractivity (Wildman–Crippen MR) is 101 cm³/mol. The number of amides is 2. The Morgan fingerprint density at radius 2 is 1.73 bits per heavy atom. The van der Waals surface area contributed by atoms with Gasteiger partial charge in [0, 0.05) is 22.7 Å². The molecule has 0 radical (unpaired) electrons. The van der Waals surface area contributed by atoms with Gasteiger partial charge in [0.1, 0.15) is 0 Å². The van der Waals surface area contributed by atoms with E-state index in [9.17, 15) is 9.59 Å². The summed E-state index contributed by atoms with van der Waals surface area (Å²) < 4.78 is 0. The summed E-state index contributed by atoms with van der Waals surface area (Å²) in [7, 11) is 0. The standard InChI is InChI=1S/C21H21N3O2/c25-20(15-8-9-15)22-17-12-10-16(11-13-17)21(26)24-23-19-7-3-5-14-4-1-2-6-18(14)19/h1-2,4,6,10-13,15H,3,5,7-9H2,(H,22,25)(H,24,26). The van der Waals surface area contributed by atoms with Gasteiger partial charge in [0.25, 0.3) is 5.91 Å². The number of benzene rings is 2. The molecule has 0 aliphatic heterocycles. The topological polar surface area (TPSA) is 70.6 Å². The van der Waals surface area contributed by atoms with E-state index in [0.29, 0.717) is 11.3 Å². The third-order valence-electron chi connectivity index (χ3n) is 4.84. The third kappa shape index (κ3) is 3.67. The molecule has 132 valence electrons. The minimum Gasteiger partial charge on any atom is -0.326 e. The summed E-state index contributed by atoms with van der Waals surface area (Å²) in [5.41, 5.74) is 7.22. The van der Waals surface area contributed by atoms with Crippen LogP contribution >= 0.6 is 0 Å². The van der Waals surface area contributed by atoms with Crippen LogP contribution in [0.15, 0.2) is 53.6 Å². The highest BCUT2D eigenvalue weighted by atomic mass is 16.2. The van der Waals surface area contributed by atoms with Gasteiger partial charge in [0.2, 0.25) is 5.91 Å². The van der Waals surface area contributed by atoms with Gasteiger partial charge >= 0.3 is 0 Å². The van der Waals surface area contributed by atoms with Crippen molar-refractivity contribution in [2.75, 3.05) is 5.32 Å². The van der Waals surface area contributed by atoms with Crippen LogP contribution < -0.4 is 10.7 Å². The van der Waals surface area contributed by atoms with Gasteiger partial charge in [-0.3, -0.25) is 9.59 Å². The lowest BCUT2D eigenvalue weighted by Gasteiger charge is -2.17. The van der Waals surface area contributed by atoms with Crippen LogP contribution in [-0.2, 0) is 11.2 Å². The van der Waals surface area contributed by atoms with Crippen LogP contribution in [0.3, 0.4) is 0 Å². The molecule has 26 heavy (non-hydrogen) atoms. The number of carbonyl (C=O) groups is 2. The Bertz CT molecular complexity index is 867. The van der Waals surface area contributed by atoms with Crippen molar-refractivity contribution in [1.82, 2.24) is 5.43 Å². The molecule has 0 heterocycles. The number of nitrogens with zero attached hydrogens (tertiary/aromatic N) is 1. The Hall–Kier alpha value is -2.95. The van der Waals surface area contributed by atoms with Gasteiger partial charge in [-0.2, -0.15) is 5.10 Å². The highest BCUT2D eigenvalue weighted by Gasteiger charge is 2.29. The summed E-state index contributed by atoms with van der Waals surface area (Å²) in [5, 5.41) is 7.22. The Labute approximate surface area is 152 Å². The van der Waals surface area contributed by atoms with E-state index in [1.165, 1.54) is 5.56 Å². The number of hydrogen-bond acceptors (Lipinski definition) is 3. The van der Waals surface area contributed by atoms with Gasteiger partial charge < -0.3 is 5.32 Å². The van der Waals surface area contributed by atoms with Crippen molar-refractivity contribution in [3.8, 4) is 0 Å². The van der Waals surface area contributed by atoms with Gasteiger partial charge in [-0.05, 0) is 61.9 Å². The number of hydrazone groups is 1. The fraction of sp³-hybridized carbons (Fsp3) is 0.286. The van der Waals surface area contributed by atoms with Gasteiger partial charge in [-0.15, -0.1) is 0 Å². The van der Waals surface area contributed by atoms with E-state index >= 15 is 0 Å². The number of anilines is 1. The van der Waals surface area contributed by atoms with E-state index in [0.717, 1.165) is 43.4 Å². The van der Waals surface area contributed by atoms with E-state index in [4.69, 9.17) is 0 Å². The summed E-state index contributed by atoms with van der Waals surface area (Å²) in [4.78, 5) is 24.1. The molecule has 0 spiro atoms. The lowest BCUT2D eigenvalue weighted by atomic mass is 9.90. The zero-order valence-corrected chi connectivity index (χ0v) is 14.5. The van der Waals surface area contributed by atoms with Crippen molar-refractivity contribution >= 4 is 23.2 Å². The minimum atomic E-state index is -0.249. The van der Waals surface area contributed by atoms with E-state index < -0.39 is 0 Å². The van der Waals surface area contributed by atoms with E-state index in [2.05, 4.69) is 28.0 Å². The average Bonchev–Trinajstić information content (AvgIpc) is 3.52. The van der Waals surface area contributed by atoms with Crippen molar-refractivity contribution in [1.29, 1.82) is 0 Å². The molecule has 1 fully saturated rings. The van der Waals surface area contributed by atoms with Crippen molar-refractivity contribution in [2.24, 2.45) is 11.0 Å². The third-order valence-corrected chi connectivity index (χ3v) is 4.84. The van der Waals surface area contributed by atoms with Gasteiger partial charge in [0.05, 0.1) is 5.71 Å². The van der Waals surface area contributed by atoms with E-state index in [-0.39, 0.29) is 17.7 Å². The Balaban J connectivity index is 1.41. The summed E-state index contributed by atoms with van der Waals surface area (Å²) in [6.45, 7) is 0. The van der Waals surface area contributed by atoms with Crippen molar-refractivity contribution in [3.63, 3.8) is 0 Å². The van der Waals surface area contributed by atoms with Crippen LogP contribution in [0, 0.1) is 5.92 Å². The first-order valence-electron chi connectivity index (χ1n) is 9.07. The van der Waals surface area contributed by atoms with Crippen LogP contribution in [0.4, 0.5) is 5.69 Å². The van der Waals surface area contributed by atoms with Crippen LogP contribution in [0.2, 0.25) is 0 Å². The lowest BCUT2D eigenvalue weighted by Crippen LogP contribution is -2.22. The molecule has 2 aromatic carbocycles. The van der Waals surface area contributed by atoms with Crippen LogP contribution in [0.1, 0.15) is 47.2 Å². The molecule has 4 rings (SSSR count). The van der Waals surface area contributed by atoms with Crippen molar-refractivity contribution in [3.05, 3.63) is 65.2 Å². The first kappa shape index (κ1) is 16.5. The SMILES string of the molecule is O=C(NN=C1CCCc2ccccc21)c1ccc(NC(=O)C2CC2)cc1. The number of carbonyl (C=O) groups excluding carboxylic acids is 2. The van der Waals surface area contributed by atoms with E-state index in [1.807, 2.05) is 12.1 Å². The first-order chi connectivity index (χ1) is 12.7. The molecule has 5 nitrogen and oxygen atoms in total. The van der Waals surface area contributed by atoms with Crippen LogP contribution in [0.5, 0.6) is 0 Å². The average molecular weight is 347 g/mol. The second kappa shape index (κ2) is 7.12. The molecule has 0 atom stereocenters. The summed E-state index contributed by atoms with van der Waals surface area (Å²) in [6, 6.07) is 15.1. The fourth-order valence-corrected chi connectivity index (χ4v) is 3.19. The summed E-state index contributed by atoms with van der Waals surface area (Å²) in [6.07, 6.45) is 4.90. The molecule has 2 aliphatic rings. The molecular weight excluding hydrogens is 326 g/mol. The number of fused-ring (bicyclic) bond motifs is 1. The van der Waals surface area contributed by atoms with Gasteiger partial charge in [0.15, 0.2) is 0 Å². The number of rotatable bonds is 4. The molecule has 2 aliphatic carbocycles. The molecule has 5 heteroatoms. The molecule has 0 saturated heterocycles. The molecule has 2 N–H and O–H groups in total. The first-order valence-corrected chi connectivity index (χ1v) is 9.07. The van der Waals surface area contributed by atoms with Gasteiger partial charge in [-0.1, -0.05) is 24.3 Å². The molecule has 0 aromatic heterocycles. The fourth-order valence-electron chi connectivity index (χ4n) is 3.19. The predicted octanol–water partition coefficient (Wildman–Crippen LogP) is 3.51. The monoisotopic (exact) mass is 347 g/mol. The Kier molecular flexibility index (Phi) is 4.52. The highest BCUT2D eigenvalue weighted by Crippen LogP contribution is 2.30. The number of nitrogens with one attached hydrogen (secondary N) is 2. The summed E-state index contributed by atoms with van der Waals surface area (Å²) >= 11 is 0. The van der Waals surface area contributed by atoms with Crippen molar-refractivity contribution in [2.45, 2.75) is 32.1 Å². The van der Waals surface area contributed by atoms with E-state index in [1.54, 1.807) is 24.3 Å². The number of aryl methyl sites for hydroxylation is 1. The second-order valence-electron chi connectivity index (χ2n) is 6.85. The molecule has 0 unspecified atom stereocenters. The van der Waals surface area contributed by atoms with Gasteiger partial charge in [-0.25, -0.2) is 5.43 Å². The molecule has 2 amide bonds. The Morgan fingerprint density at radius 1 is 0.962 bits per heavy atom. The minimum absolute atomic E-state index is 0.0598. The molecule has 2 aromatic rings. The second-order valence-corrected chi connectivity index (χ2v) is 6.85. The van der Waals surface area contributed by atoms with Crippen molar-refractivity contribution < 1.29 is 9.59 Å². The zero-order chi connectivity index (χ0) is 17.9. The lowest BCUT2D eigenvalue weighted by molar-refractivity contribution is -0.117. The molecule has 1 saturated carbocycles. The summed E-state index contributed by atoms with van der Waals surface area (Å²) in [5.74, 6) is -0.0302. The zero-order valence-electron chi connectivity index (χ0n) is 14.5. The highest BCUT2D eigenvalue weighted by molar-refractivity contribution is 6.04. The smallest absolute Gasteiger partial charge is 0.271 e. The normalized spacial score (nSPS) is 17.5. The maximum atomic E-state index is 12.3. The largest absolute Gasteiger partial charge is 0.326 e. The van der Waals surface area contributed by atoms with Crippen LogP contribution in [0.25, 0.3) is 0 Å². The van der Waals surface area contributed by atoms with Crippen LogP contribution in [-0.4, -0.2) is 17.5 Å². The molecular formula is C21H21N3O2. The quantitative estimate of drug-likeness (QED) is 0.831. The maximum absolute atomic E-state index is 12.3. The number of hydrogen-bond donors (Lipinski definition) is 2. The molecule has 0 bridgehead atoms.